The molecule has 128 valence electrons. The number of carbonyl (C=O) groups excluding carboxylic acids is 1. The number of benzene rings is 2. The largest absolute Gasteiger partial charge is 0.384 e. The third-order valence-corrected chi connectivity index (χ3v) is 4.92. The van der Waals surface area contributed by atoms with Crippen LogP contribution in [-0.4, -0.2) is 35.4 Å². The van der Waals surface area contributed by atoms with Gasteiger partial charge in [0.15, 0.2) is 5.78 Å². The monoisotopic (exact) mass is 345 g/mol. The number of halogens is 1. The lowest BCUT2D eigenvalue weighted by Crippen LogP contribution is -2.53. The summed E-state index contributed by atoms with van der Waals surface area (Å²) in [7, 11) is 0. The number of likely N-dealkylation sites (tertiary alicyclic amines) is 1. The minimum Gasteiger partial charge on any atom is -0.384 e. The van der Waals surface area contributed by atoms with Crippen molar-refractivity contribution in [1.82, 2.24) is 4.90 Å². The summed E-state index contributed by atoms with van der Waals surface area (Å²) in [6, 6.07) is 18.9. The van der Waals surface area contributed by atoms with Gasteiger partial charge in [0, 0.05) is 18.7 Å². The van der Waals surface area contributed by atoms with E-state index in [1.54, 1.807) is 0 Å². The summed E-state index contributed by atoms with van der Waals surface area (Å²) >= 11 is 0. The Labute approximate surface area is 149 Å². The SMILES string of the molecule is CCN1CC[C@@](O)(c2ccccc2)[C@H](C(=O)c2ccccc2)C1.Cl. The van der Waals surface area contributed by atoms with E-state index < -0.39 is 11.5 Å². The molecule has 1 saturated heterocycles. The number of nitrogens with zero attached hydrogens (tertiary/aromatic N) is 1. The van der Waals surface area contributed by atoms with Crippen molar-refractivity contribution in [2.45, 2.75) is 18.9 Å². The van der Waals surface area contributed by atoms with E-state index >= 15 is 0 Å². The van der Waals surface area contributed by atoms with Gasteiger partial charge in [-0.05, 0) is 18.5 Å². The highest BCUT2D eigenvalue weighted by Crippen LogP contribution is 2.39. The van der Waals surface area contributed by atoms with E-state index in [0.29, 0.717) is 18.5 Å². The molecule has 0 unspecified atom stereocenters. The summed E-state index contributed by atoms with van der Waals surface area (Å²) in [5, 5.41) is 11.4. The van der Waals surface area contributed by atoms with Crippen molar-refractivity contribution in [2.24, 2.45) is 5.92 Å². The summed E-state index contributed by atoms with van der Waals surface area (Å²) in [4.78, 5) is 15.3. The first-order chi connectivity index (χ1) is 11.1. The van der Waals surface area contributed by atoms with Crippen LogP contribution in [0.2, 0.25) is 0 Å². The van der Waals surface area contributed by atoms with E-state index in [9.17, 15) is 9.90 Å². The average molecular weight is 346 g/mol. The third-order valence-electron chi connectivity index (χ3n) is 4.92. The van der Waals surface area contributed by atoms with Crippen LogP contribution in [0.25, 0.3) is 0 Å². The van der Waals surface area contributed by atoms with Crippen LogP contribution in [0, 0.1) is 5.92 Å². The summed E-state index contributed by atoms with van der Waals surface area (Å²) in [6.07, 6.45) is 0.577. The van der Waals surface area contributed by atoms with Crippen LogP contribution in [0.5, 0.6) is 0 Å². The first-order valence-electron chi connectivity index (χ1n) is 8.24. The molecule has 0 saturated carbocycles. The molecule has 24 heavy (non-hydrogen) atoms. The second-order valence-electron chi connectivity index (χ2n) is 6.22. The van der Waals surface area contributed by atoms with E-state index in [4.69, 9.17) is 0 Å². The lowest BCUT2D eigenvalue weighted by Gasteiger charge is -2.44. The highest BCUT2D eigenvalue weighted by molar-refractivity contribution is 5.99. The van der Waals surface area contributed by atoms with Crippen molar-refractivity contribution in [3.8, 4) is 0 Å². The standard InChI is InChI=1S/C20H23NO2.ClH/c1-2-21-14-13-20(23,17-11-7-4-8-12-17)18(15-21)19(22)16-9-5-3-6-10-16;/h3-12,18,23H,2,13-15H2,1H3;1H/t18-,20+;/m0./s1. The van der Waals surface area contributed by atoms with Gasteiger partial charge < -0.3 is 10.0 Å². The van der Waals surface area contributed by atoms with Gasteiger partial charge in [0.25, 0.3) is 0 Å². The maximum absolute atomic E-state index is 13.1. The van der Waals surface area contributed by atoms with Gasteiger partial charge in [0.05, 0.1) is 5.92 Å². The smallest absolute Gasteiger partial charge is 0.170 e. The highest BCUT2D eigenvalue weighted by atomic mass is 35.5. The maximum Gasteiger partial charge on any atom is 0.170 e. The Morgan fingerprint density at radius 1 is 1.12 bits per heavy atom. The summed E-state index contributed by atoms with van der Waals surface area (Å²) in [6.45, 7) is 4.39. The molecule has 2 aromatic carbocycles. The molecule has 0 aromatic heterocycles. The van der Waals surface area contributed by atoms with E-state index in [1.165, 1.54) is 0 Å². The highest BCUT2D eigenvalue weighted by Gasteiger charge is 2.46. The van der Waals surface area contributed by atoms with Gasteiger partial charge in [-0.2, -0.15) is 0 Å². The van der Waals surface area contributed by atoms with E-state index in [1.807, 2.05) is 60.7 Å². The van der Waals surface area contributed by atoms with Crippen LogP contribution in [-0.2, 0) is 5.60 Å². The molecule has 0 spiro atoms. The van der Waals surface area contributed by atoms with Crippen molar-refractivity contribution in [3.05, 3.63) is 71.8 Å². The molecule has 0 amide bonds. The summed E-state index contributed by atoms with van der Waals surface area (Å²) < 4.78 is 0. The second-order valence-corrected chi connectivity index (χ2v) is 6.22. The molecule has 1 N–H and O–H groups in total. The molecule has 0 radical (unpaired) electrons. The number of piperidine rings is 1. The summed E-state index contributed by atoms with van der Waals surface area (Å²) in [5.41, 5.74) is 0.412. The zero-order valence-corrected chi connectivity index (χ0v) is 14.7. The quantitative estimate of drug-likeness (QED) is 0.862. The van der Waals surface area contributed by atoms with Crippen LogP contribution in [0.3, 0.4) is 0 Å². The van der Waals surface area contributed by atoms with Crippen molar-refractivity contribution in [2.75, 3.05) is 19.6 Å². The molecule has 4 heteroatoms. The summed E-state index contributed by atoms with van der Waals surface area (Å²) in [5.74, 6) is -0.420. The first-order valence-corrected chi connectivity index (χ1v) is 8.24. The molecule has 1 aliphatic rings. The normalized spacial score (nSPS) is 24.2. The Bertz CT molecular complexity index is 662. The molecule has 2 aromatic rings. The molecule has 1 aliphatic heterocycles. The molecule has 0 aliphatic carbocycles. The number of ketones is 1. The number of aliphatic hydroxyl groups is 1. The fourth-order valence-corrected chi connectivity index (χ4v) is 3.47. The number of carbonyl (C=O) groups is 1. The van der Waals surface area contributed by atoms with Gasteiger partial charge in [0.2, 0.25) is 0 Å². The zero-order valence-electron chi connectivity index (χ0n) is 13.9. The van der Waals surface area contributed by atoms with Crippen LogP contribution in [0.1, 0.15) is 29.3 Å². The molecule has 3 rings (SSSR count). The molecule has 1 fully saturated rings. The Balaban J connectivity index is 0.00000208. The van der Waals surface area contributed by atoms with Crippen molar-refractivity contribution < 1.29 is 9.90 Å². The molecular weight excluding hydrogens is 322 g/mol. The van der Waals surface area contributed by atoms with E-state index in [2.05, 4.69) is 11.8 Å². The maximum atomic E-state index is 13.1. The van der Waals surface area contributed by atoms with Crippen molar-refractivity contribution in [1.29, 1.82) is 0 Å². The fraction of sp³-hybridized carbons (Fsp3) is 0.350. The number of hydrogen-bond donors (Lipinski definition) is 1. The minimum absolute atomic E-state index is 0. The predicted octanol–water partition coefficient (Wildman–Crippen LogP) is 3.52. The predicted molar refractivity (Wildman–Crippen MR) is 98.6 cm³/mol. The average Bonchev–Trinajstić information content (AvgIpc) is 2.63. The van der Waals surface area contributed by atoms with Crippen LogP contribution < -0.4 is 0 Å². The van der Waals surface area contributed by atoms with Crippen LogP contribution in [0.4, 0.5) is 0 Å². The van der Waals surface area contributed by atoms with Gasteiger partial charge in [-0.15, -0.1) is 12.4 Å². The number of Topliss-reactive ketones (excluding diaryl/α,β-unsaturated/α-hetero) is 1. The van der Waals surface area contributed by atoms with E-state index in [0.717, 1.165) is 18.7 Å². The first kappa shape index (κ1) is 18.7. The molecular formula is C20H24ClNO2. The third kappa shape index (κ3) is 3.54. The van der Waals surface area contributed by atoms with E-state index in [-0.39, 0.29) is 18.2 Å². The molecule has 1 heterocycles. The molecule has 3 nitrogen and oxygen atoms in total. The zero-order chi connectivity index (χ0) is 16.3. The van der Waals surface area contributed by atoms with Crippen LogP contribution in [0.15, 0.2) is 60.7 Å². The minimum atomic E-state index is -1.10. The molecule has 2 atom stereocenters. The Morgan fingerprint density at radius 2 is 1.71 bits per heavy atom. The number of hydrogen-bond acceptors (Lipinski definition) is 3. The Kier molecular flexibility index (Phi) is 6.16. The Hall–Kier alpha value is -1.68. The second kappa shape index (κ2) is 7.93. The van der Waals surface area contributed by atoms with Gasteiger partial charge >= 0.3 is 0 Å². The van der Waals surface area contributed by atoms with Crippen molar-refractivity contribution >= 4 is 18.2 Å². The van der Waals surface area contributed by atoms with Gasteiger partial charge in [-0.25, -0.2) is 0 Å². The lowest BCUT2D eigenvalue weighted by molar-refractivity contribution is -0.0631. The van der Waals surface area contributed by atoms with Gasteiger partial charge in [-0.1, -0.05) is 67.6 Å². The molecule has 0 bridgehead atoms. The lowest BCUT2D eigenvalue weighted by atomic mass is 9.72. The Morgan fingerprint density at radius 3 is 2.29 bits per heavy atom. The van der Waals surface area contributed by atoms with Crippen LogP contribution >= 0.6 is 12.4 Å². The van der Waals surface area contributed by atoms with Gasteiger partial charge in [-0.3, -0.25) is 4.79 Å². The topological polar surface area (TPSA) is 40.5 Å². The van der Waals surface area contributed by atoms with Gasteiger partial charge in [0.1, 0.15) is 5.60 Å². The fourth-order valence-electron chi connectivity index (χ4n) is 3.47. The number of rotatable bonds is 4. The van der Waals surface area contributed by atoms with Crippen molar-refractivity contribution in [3.63, 3.8) is 0 Å².